The second kappa shape index (κ2) is 6.56. The summed E-state index contributed by atoms with van der Waals surface area (Å²) in [6.45, 7) is 3.99. The number of methoxy groups -OCH3 is 1. The van der Waals surface area contributed by atoms with Gasteiger partial charge >= 0.3 is 0 Å². The molecule has 3 rings (SSSR count). The van der Waals surface area contributed by atoms with E-state index in [1.165, 1.54) is 0 Å². The van der Waals surface area contributed by atoms with E-state index >= 15 is 0 Å². The maximum Gasteiger partial charge on any atom is 0.278 e. The summed E-state index contributed by atoms with van der Waals surface area (Å²) in [6, 6.07) is 3.76. The molecular formula is C17H18N4O2. The van der Waals surface area contributed by atoms with Crippen molar-refractivity contribution in [3.63, 3.8) is 0 Å². The predicted molar refractivity (Wildman–Crippen MR) is 88.8 cm³/mol. The summed E-state index contributed by atoms with van der Waals surface area (Å²) in [6.07, 6.45) is 8.64. The minimum Gasteiger partial charge on any atom is -0.481 e. The van der Waals surface area contributed by atoms with Gasteiger partial charge in [0.05, 0.1) is 13.7 Å². The summed E-state index contributed by atoms with van der Waals surface area (Å²) in [4.78, 5) is 27.5. The number of amides is 1. The van der Waals surface area contributed by atoms with E-state index in [2.05, 4.69) is 21.5 Å². The molecule has 2 aliphatic rings. The van der Waals surface area contributed by atoms with Gasteiger partial charge in [0, 0.05) is 30.1 Å². The number of ether oxygens (including phenoxy) is 1. The number of pyridine rings is 1. The topological polar surface area (TPSA) is 67.2 Å². The highest BCUT2D eigenvalue weighted by Gasteiger charge is 2.39. The number of carbonyl (C=O) groups is 1. The number of allylic oxidation sites excluding steroid dienone is 2. The van der Waals surface area contributed by atoms with Crippen molar-refractivity contribution in [1.29, 1.82) is 0 Å². The van der Waals surface area contributed by atoms with Crippen LogP contribution in [-0.4, -0.2) is 47.0 Å². The molecule has 1 amide bonds. The average molecular weight is 310 g/mol. The summed E-state index contributed by atoms with van der Waals surface area (Å²) in [5.41, 5.74) is 1.13. The first-order chi connectivity index (χ1) is 11.2. The summed E-state index contributed by atoms with van der Waals surface area (Å²) in [5, 5.41) is 0. The number of nitrogens with zero attached hydrogens (tertiary/aromatic N) is 4. The lowest BCUT2D eigenvalue weighted by Crippen LogP contribution is -2.47. The minimum atomic E-state index is -0.114. The van der Waals surface area contributed by atoms with Crippen LogP contribution in [0.4, 0.5) is 0 Å². The zero-order valence-electron chi connectivity index (χ0n) is 13.0. The van der Waals surface area contributed by atoms with E-state index in [-0.39, 0.29) is 11.9 Å². The molecule has 0 radical (unpaired) electrons. The second-order valence-electron chi connectivity index (χ2n) is 5.28. The fourth-order valence-corrected chi connectivity index (χ4v) is 2.38. The van der Waals surface area contributed by atoms with Crippen molar-refractivity contribution in [1.82, 2.24) is 9.88 Å². The lowest BCUT2D eigenvalue weighted by Gasteiger charge is -2.27. The number of aromatic nitrogens is 1. The van der Waals surface area contributed by atoms with Crippen LogP contribution in [0, 0.1) is 0 Å². The number of hydrogen-bond donors (Lipinski definition) is 0. The van der Waals surface area contributed by atoms with E-state index in [1.54, 1.807) is 48.7 Å². The summed E-state index contributed by atoms with van der Waals surface area (Å²) in [7, 11) is 1.56. The lowest BCUT2D eigenvalue weighted by atomic mass is 10.1. The number of amidine groups is 1. The van der Waals surface area contributed by atoms with E-state index in [9.17, 15) is 4.79 Å². The molecule has 1 aliphatic heterocycles. The van der Waals surface area contributed by atoms with E-state index in [1.807, 2.05) is 0 Å². The highest BCUT2D eigenvalue weighted by Crippen LogP contribution is 2.29. The molecule has 1 aromatic rings. The van der Waals surface area contributed by atoms with Crippen molar-refractivity contribution in [2.45, 2.75) is 18.9 Å². The number of aliphatic imine (C=N–C) groups is 2. The Hall–Kier alpha value is -2.76. The largest absolute Gasteiger partial charge is 0.481 e. The molecule has 1 fully saturated rings. The van der Waals surface area contributed by atoms with E-state index in [4.69, 9.17) is 4.74 Å². The van der Waals surface area contributed by atoms with Crippen LogP contribution in [0.5, 0.6) is 5.88 Å². The van der Waals surface area contributed by atoms with Crippen molar-refractivity contribution in [3.05, 3.63) is 48.8 Å². The molecular weight excluding hydrogens is 292 g/mol. The molecule has 1 aromatic heterocycles. The van der Waals surface area contributed by atoms with Crippen LogP contribution >= 0.6 is 0 Å². The van der Waals surface area contributed by atoms with Crippen LogP contribution in [0.3, 0.4) is 0 Å². The normalized spacial score (nSPS) is 20.0. The van der Waals surface area contributed by atoms with Crippen LogP contribution in [0.2, 0.25) is 0 Å². The smallest absolute Gasteiger partial charge is 0.278 e. The Balaban J connectivity index is 1.90. The Labute approximate surface area is 134 Å². The SMILES string of the molecule is C=C/C=C\N=C1/CN=C(c2ccc(OC)nc2)C(=O)N1C1CC1. The first-order valence-corrected chi connectivity index (χ1v) is 7.47. The third-order valence-corrected chi connectivity index (χ3v) is 3.65. The Kier molecular flexibility index (Phi) is 4.32. The highest BCUT2D eigenvalue weighted by atomic mass is 16.5. The van der Waals surface area contributed by atoms with Crippen LogP contribution in [-0.2, 0) is 4.79 Å². The van der Waals surface area contributed by atoms with Crippen LogP contribution in [0.1, 0.15) is 18.4 Å². The standard InChI is InChI=1S/C17H18N4O2/c1-3-4-9-18-14-11-20-16(17(22)21(14)13-6-7-13)12-5-8-15(23-2)19-10-12/h3-5,8-10,13H,1,6-7,11H2,2H3/b9-4-,18-14+. The van der Waals surface area contributed by atoms with Crippen LogP contribution in [0.25, 0.3) is 0 Å². The van der Waals surface area contributed by atoms with Crippen LogP contribution in [0.15, 0.2) is 53.2 Å². The van der Waals surface area contributed by atoms with Gasteiger partial charge in [-0.25, -0.2) is 9.98 Å². The molecule has 6 nitrogen and oxygen atoms in total. The quantitative estimate of drug-likeness (QED) is 0.781. The molecule has 0 saturated heterocycles. The van der Waals surface area contributed by atoms with E-state index in [0.717, 1.165) is 12.8 Å². The number of hydrogen-bond acceptors (Lipinski definition) is 5. The third-order valence-electron chi connectivity index (χ3n) is 3.65. The molecule has 23 heavy (non-hydrogen) atoms. The first kappa shape index (κ1) is 15.1. The summed E-state index contributed by atoms with van der Waals surface area (Å²) >= 11 is 0. The van der Waals surface area contributed by atoms with Crippen molar-refractivity contribution in [3.8, 4) is 5.88 Å². The molecule has 0 atom stereocenters. The molecule has 118 valence electrons. The Morgan fingerprint density at radius 2 is 2.26 bits per heavy atom. The molecule has 6 heteroatoms. The lowest BCUT2D eigenvalue weighted by molar-refractivity contribution is -0.121. The third kappa shape index (κ3) is 3.21. The predicted octanol–water partition coefficient (Wildman–Crippen LogP) is 1.98. The highest BCUT2D eigenvalue weighted by molar-refractivity contribution is 6.48. The fourth-order valence-electron chi connectivity index (χ4n) is 2.38. The maximum absolute atomic E-state index is 12.8. The summed E-state index contributed by atoms with van der Waals surface area (Å²) in [5.74, 6) is 1.07. The first-order valence-electron chi connectivity index (χ1n) is 7.47. The van der Waals surface area contributed by atoms with Crippen molar-refractivity contribution in [2.24, 2.45) is 9.98 Å². The van der Waals surface area contributed by atoms with Gasteiger partial charge in [-0.3, -0.25) is 14.7 Å². The van der Waals surface area contributed by atoms with Gasteiger partial charge in [0.15, 0.2) is 0 Å². The molecule has 0 bridgehead atoms. The average Bonchev–Trinajstić information content (AvgIpc) is 3.40. The Bertz CT molecular complexity index is 700. The van der Waals surface area contributed by atoms with Gasteiger partial charge in [-0.1, -0.05) is 12.7 Å². The zero-order valence-corrected chi connectivity index (χ0v) is 13.0. The van der Waals surface area contributed by atoms with Crippen molar-refractivity contribution < 1.29 is 9.53 Å². The summed E-state index contributed by atoms with van der Waals surface area (Å²) < 4.78 is 5.04. The molecule has 0 unspecified atom stereocenters. The van der Waals surface area contributed by atoms with Crippen molar-refractivity contribution in [2.75, 3.05) is 13.7 Å². The molecule has 2 heterocycles. The second-order valence-corrected chi connectivity index (χ2v) is 5.28. The van der Waals surface area contributed by atoms with E-state index in [0.29, 0.717) is 29.5 Å². The number of rotatable bonds is 5. The van der Waals surface area contributed by atoms with E-state index < -0.39 is 0 Å². The Morgan fingerprint density at radius 3 is 2.87 bits per heavy atom. The molecule has 0 spiro atoms. The monoisotopic (exact) mass is 310 g/mol. The van der Waals surface area contributed by atoms with Gasteiger partial charge in [-0.15, -0.1) is 0 Å². The van der Waals surface area contributed by atoms with Gasteiger partial charge in [0.1, 0.15) is 11.5 Å². The molecule has 1 saturated carbocycles. The van der Waals surface area contributed by atoms with Gasteiger partial charge in [-0.05, 0) is 25.0 Å². The molecule has 0 aromatic carbocycles. The van der Waals surface area contributed by atoms with Gasteiger partial charge in [0.25, 0.3) is 5.91 Å². The molecule has 1 aliphatic carbocycles. The van der Waals surface area contributed by atoms with Crippen molar-refractivity contribution >= 4 is 17.5 Å². The fraction of sp³-hybridized carbons (Fsp3) is 0.294. The maximum atomic E-state index is 12.8. The molecule has 0 N–H and O–H groups in total. The minimum absolute atomic E-state index is 0.114. The van der Waals surface area contributed by atoms with Gasteiger partial charge in [0.2, 0.25) is 5.88 Å². The zero-order chi connectivity index (χ0) is 16.2. The van der Waals surface area contributed by atoms with Crippen LogP contribution < -0.4 is 4.74 Å². The van der Waals surface area contributed by atoms with Gasteiger partial charge < -0.3 is 4.74 Å². The Morgan fingerprint density at radius 1 is 1.43 bits per heavy atom. The number of carbonyl (C=O) groups excluding carboxylic acids is 1. The van der Waals surface area contributed by atoms with Gasteiger partial charge in [-0.2, -0.15) is 0 Å².